The zero-order valence-electron chi connectivity index (χ0n) is 20.1. The van der Waals surface area contributed by atoms with Gasteiger partial charge < -0.3 is 4.57 Å². The lowest BCUT2D eigenvalue weighted by molar-refractivity contribution is 0.0977. The third-order valence-corrected chi connectivity index (χ3v) is 7.96. The molecule has 0 bridgehead atoms. The zero-order valence-corrected chi connectivity index (χ0v) is 22.5. The van der Waals surface area contributed by atoms with Gasteiger partial charge in [0.05, 0.1) is 12.0 Å². The van der Waals surface area contributed by atoms with Crippen LogP contribution in [0.15, 0.2) is 82.7 Å². The molecule has 0 spiro atoms. The van der Waals surface area contributed by atoms with Gasteiger partial charge >= 0.3 is 0 Å². The summed E-state index contributed by atoms with van der Waals surface area (Å²) in [6.45, 7) is 4.19. The zero-order chi connectivity index (χ0) is 26.2. The number of nitrogens with zero attached hydrogens (tertiary/aromatic N) is 3. The number of halogens is 1. The summed E-state index contributed by atoms with van der Waals surface area (Å²) < 4.78 is 30.0. The van der Waals surface area contributed by atoms with Gasteiger partial charge in [0.2, 0.25) is 0 Å². The van der Waals surface area contributed by atoms with Crippen molar-refractivity contribution in [1.82, 2.24) is 19.3 Å². The van der Waals surface area contributed by atoms with Crippen molar-refractivity contribution in [2.75, 3.05) is 0 Å². The molecular weight excluding hydrogens is 552 g/mol. The number of imidazole rings is 1. The number of carbonyl (C=O) groups is 1. The van der Waals surface area contributed by atoms with E-state index in [1.54, 1.807) is 30.3 Å². The molecule has 0 atom stereocenters. The molecule has 5 rings (SSSR count). The van der Waals surface area contributed by atoms with Crippen LogP contribution in [0.5, 0.6) is 0 Å². The molecular formula is C28H23BrN4O3S. The largest absolute Gasteiger partial charge is 0.308 e. The standard InChI is InChI=1S/C28H23BrN4O3S/c1-18-16-24(28(34)32-37(35,36)15-14-20-8-4-3-5-9-20)31-27-26(18)30-19(2)33(27)17-22-13-12-21-10-6-7-11-23(21)25(22)29/h3-16H,17H2,1-2H3,(H,32,34). The van der Waals surface area contributed by atoms with E-state index >= 15 is 0 Å². The van der Waals surface area contributed by atoms with E-state index in [1.165, 1.54) is 6.08 Å². The van der Waals surface area contributed by atoms with Gasteiger partial charge in [0.15, 0.2) is 5.65 Å². The van der Waals surface area contributed by atoms with Crippen molar-refractivity contribution in [3.05, 3.63) is 111 Å². The Hall–Kier alpha value is -3.82. The van der Waals surface area contributed by atoms with E-state index in [2.05, 4.69) is 48.8 Å². The Kier molecular flexibility index (Phi) is 6.66. The molecule has 5 aromatic rings. The third kappa shape index (κ3) is 5.19. The number of pyridine rings is 1. The summed E-state index contributed by atoms with van der Waals surface area (Å²) in [4.78, 5) is 22.1. The van der Waals surface area contributed by atoms with Gasteiger partial charge in [-0.1, -0.05) is 66.7 Å². The molecule has 1 amide bonds. The molecule has 0 unspecified atom stereocenters. The highest BCUT2D eigenvalue weighted by Gasteiger charge is 2.20. The molecule has 0 radical (unpaired) electrons. The van der Waals surface area contributed by atoms with Crippen LogP contribution in [0.2, 0.25) is 0 Å². The number of amides is 1. The van der Waals surface area contributed by atoms with Crippen LogP contribution >= 0.6 is 15.9 Å². The number of carbonyl (C=O) groups excluding carboxylic acids is 1. The minimum Gasteiger partial charge on any atom is -0.308 e. The highest BCUT2D eigenvalue weighted by molar-refractivity contribution is 9.10. The molecule has 0 aliphatic rings. The van der Waals surface area contributed by atoms with Crippen LogP contribution in [0.3, 0.4) is 0 Å². The Morgan fingerprint density at radius 2 is 1.73 bits per heavy atom. The van der Waals surface area contributed by atoms with Gasteiger partial charge in [-0.3, -0.25) is 4.79 Å². The fourth-order valence-electron chi connectivity index (χ4n) is 4.18. The molecule has 0 fully saturated rings. The molecule has 186 valence electrons. The normalized spacial score (nSPS) is 12.0. The number of hydrogen-bond donors (Lipinski definition) is 1. The molecule has 2 heterocycles. The lowest BCUT2D eigenvalue weighted by Gasteiger charge is -2.11. The number of fused-ring (bicyclic) bond motifs is 2. The van der Waals surface area contributed by atoms with Gasteiger partial charge in [-0.25, -0.2) is 23.1 Å². The van der Waals surface area contributed by atoms with Crippen molar-refractivity contribution in [2.45, 2.75) is 20.4 Å². The van der Waals surface area contributed by atoms with Gasteiger partial charge in [0.1, 0.15) is 17.0 Å². The first-order chi connectivity index (χ1) is 17.7. The summed E-state index contributed by atoms with van der Waals surface area (Å²) >= 11 is 3.74. The van der Waals surface area contributed by atoms with Crippen molar-refractivity contribution in [2.24, 2.45) is 0 Å². The number of aryl methyl sites for hydroxylation is 2. The van der Waals surface area contributed by atoms with Crippen LogP contribution in [0.25, 0.3) is 28.0 Å². The van der Waals surface area contributed by atoms with Crippen LogP contribution in [0, 0.1) is 13.8 Å². The second-order valence-electron chi connectivity index (χ2n) is 8.69. The summed E-state index contributed by atoms with van der Waals surface area (Å²) in [5.41, 5.74) is 3.64. The molecule has 3 aromatic carbocycles. The van der Waals surface area contributed by atoms with Gasteiger partial charge in [-0.05, 0) is 69.4 Å². The van der Waals surface area contributed by atoms with E-state index < -0.39 is 15.9 Å². The predicted molar refractivity (Wildman–Crippen MR) is 150 cm³/mol. The maximum Gasteiger partial charge on any atom is 0.283 e. The number of aromatic nitrogens is 3. The van der Waals surface area contributed by atoms with E-state index in [0.717, 1.165) is 37.6 Å². The van der Waals surface area contributed by atoms with Crippen LogP contribution in [-0.4, -0.2) is 28.9 Å². The molecule has 0 aliphatic heterocycles. The van der Waals surface area contributed by atoms with Crippen LogP contribution < -0.4 is 4.72 Å². The quantitative estimate of drug-likeness (QED) is 0.279. The SMILES string of the molecule is Cc1cc(C(=O)NS(=O)(=O)C=Cc2ccccc2)nc2c1nc(C)n2Cc1ccc2ccccc2c1Br. The Balaban J connectivity index is 1.47. The molecule has 0 saturated carbocycles. The van der Waals surface area contributed by atoms with Crippen LogP contribution in [0.4, 0.5) is 0 Å². The van der Waals surface area contributed by atoms with E-state index in [-0.39, 0.29) is 5.69 Å². The number of sulfonamides is 1. The summed E-state index contributed by atoms with van der Waals surface area (Å²) in [5.74, 6) is -0.0679. The van der Waals surface area contributed by atoms with Gasteiger partial charge in [-0.2, -0.15) is 0 Å². The predicted octanol–water partition coefficient (Wildman–Crippen LogP) is 5.74. The Labute approximate surface area is 223 Å². The second kappa shape index (κ2) is 9.91. The minimum absolute atomic E-state index is 0.000383. The Morgan fingerprint density at radius 3 is 2.51 bits per heavy atom. The second-order valence-corrected chi connectivity index (χ2v) is 11.1. The monoisotopic (exact) mass is 574 g/mol. The van der Waals surface area contributed by atoms with Gasteiger partial charge in [-0.15, -0.1) is 0 Å². The van der Waals surface area contributed by atoms with Gasteiger partial charge in [0.25, 0.3) is 15.9 Å². The highest BCUT2D eigenvalue weighted by Crippen LogP contribution is 2.29. The first-order valence-corrected chi connectivity index (χ1v) is 13.9. The summed E-state index contributed by atoms with van der Waals surface area (Å²) in [6.07, 6.45) is 1.43. The van der Waals surface area contributed by atoms with Crippen LogP contribution in [-0.2, 0) is 16.6 Å². The topological polar surface area (TPSA) is 93.9 Å². The molecule has 0 aliphatic carbocycles. The van der Waals surface area contributed by atoms with E-state index in [4.69, 9.17) is 0 Å². The molecule has 9 heteroatoms. The lowest BCUT2D eigenvalue weighted by Crippen LogP contribution is -2.29. The number of benzene rings is 3. The van der Waals surface area contributed by atoms with E-state index in [1.807, 2.05) is 42.7 Å². The Bertz CT molecular complexity index is 1800. The van der Waals surface area contributed by atoms with Crippen molar-refractivity contribution < 1.29 is 13.2 Å². The third-order valence-electron chi connectivity index (χ3n) is 6.06. The first kappa shape index (κ1) is 24.9. The summed E-state index contributed by atoms with van der Waals surface area (Å²) in [7, 11) is -4.02. The van der Waals surface area contributed by atoms with Crippen molar-refractivity contribution in [3.8, 4) is 0 Å². The fourth-order valence-corrected chi connectivity index (χ4v) is 5.56. The summed E-state index contributed by atoms with van der Waals surface area (Å²) in [6, 6.07) is 22.7. The van der Waals surface area contributed by atoms with Crippen molar-refractivity contribution in [3.63, 3.8) is 0 Å². The summed E-state index contributed by atoms with van der Waals surface area (Å²) in [5, 5.41) is 3.19. The molecule has 37 heavy (non-hydrogen) atoms. The van der Waals surface area contributed by atoms with E-state index in [9.17, 15) is 13.2 Å². The maximum atomic E-state index is 12.9. The smallest absolute Gasteiger partial charge is 0.283 e. The van der Waals surface area contributed by atoms with Crippen LogP contribution in [0.1, 0.15) is 33.0 Å². The molecule has 7 nitrogen and oxygen atoms in total. The average Bonchev–Trinajstić information content (AvgIpc) is 3.20. The highest BCUT2D eigenvalue weighted by atomic mass is 79.9. The number of hydrogen-bond acceptors (Lipinski definition) is 5. The lowest BCUT2D eigenvalue weighted by atomic mass is 10.1. The van der Waals surface area contributed by atoms with E-state index in [0.29, 0.717) is 23.3 Å². The molecule has 0 saturated heterocycles. The first-order valence-electron chi connectivity index (χ1n) is 11.5. The maximum absolute atomic E-state index is 12.9. The van der Waals surface area contributed by atoms with Crippen molar-refractivity contribution >= 4 is 59.9 Å². The van der Waals surface area contributed by atoms with Gasteiger partial charge in [0, 0.05) is 4.47 Å². The Morgan fingerprint density at radius 1 is 1.00 bits per heavy atom. The minimum atomic E-state index is -4.02. The molecule has 2 aromatic heterocycles. The average molecular weight is 575 g/mol. The molecule has 1 N–H and O–H groups in total. The fraction of sp³-hybridized carbons (Fsp3) is 0.107. The van der Waals surface area contributed by atoms with Crippen molar-refractivity contribution in [1.29, 1.82) is 0 Å². The number of nitrogens with one attached hydrogen (secondary N) is 1. The number of rotatable bonds is 6.